The molecular formula is C7H12O2. The van der Waals surface area contributed by atoms with E-state index in [1.807, 2.05) is 13.0 Å². The molecule has 0 aromatic carbocycles. The van der Waals surface area contributed by atoms with Crippen molar-refractivity contribution in [3.8, 4) is 0 Å². The summed E-state index contributed by atoms with van der Waals surface area (Å²) in [5.41, 5.74) is 0. The second kappa shape index (κ2) is 2.12. The van der Waals surface area contributed by atoms with Gasteiger partial charge in [0.25, 0.3) is 0 Å². The highest BCUT2D eigenvalue weighted by atomic mass is 16.5. The van der Waals surface area contributed by atoms with E-state index in [0.717, 1.165) is 6.42 Å². The molecule has 0 saturated heterocycles. The summed E-state index contributed by atoms with van der Waals surface area (Å²) in [7, 11) is 0. The molecule has 0 amide bonds. The third kappa shape index (κ3) is 1.32. The fourth-order valence-electron chi connectivity index (χ4n) is 0.947. The number of allylic oxidation sites excluding steroid dienone is 1. The van der Waals surface area contributed by atoms with Gasteiger partial charge in [0.1, 0.15) is 0 Å². The molecule has 2 nitrogen and oxygen atoms in total. The van der Waals surface area contributed by atoms with Gasteiger partial charge in [-0.15, -0.1) is 0 Å². The molecule has 0 bridgehead atoms. The average molecular weight is 128 g/mol. The lowest BCUT2D eigenvalue weighted by atomic mass is 9.90. The Balaban J connectivity index is 2.64. The van der Waals surface area contributed by atoms with Crippen LogP contribution in [0.5, 0.6) is 0 Å². The molecule has 2 heteroatoms. The maximum atomic E-state index is 9.15. The summed E-state index contributed by atoms with van der Waals surface area (Å²) >= 11 is 0. The molecular weight excluding hydrogens is 116 g/mol. The maximum absolute atomic E-state index is 9.15. The Hall–Kier alpha value is -0.340. The van der Waals surface area contributed by atoms with Crippen LogP contribution in [-0.2, 0) is 0 Å². The molecule has 0 aliphatic heterocycles. The highest BCUT2D eigenvalue weighted by Crippen LogP contribution is 2.26. The van der Waals surface area contributed by atoms with Crippen molar-refractivity contribution in [3.05, 3.63) is 12.2 Å². The first-order chi connectivity index (χ1) is 4.13. The van der Waals surface area contributed by atoms with Crippen molar-refractivity contribution in [2.24, 2.45) is 5.92 Å². The zero-order valence-corrected chi connectivity index (χ0v) is 5.54. The van der Waals surface area contributed by atoms with E-state index in [4.69, 9.17) is 10.2 Å². The van der Waals surface area contributed by atoms with Gasteiger partial charge in [-0.1, -0.05) is 19.1 Å². The molecule has 0 radical (unpaired) electrons. The molecule has 0 aromatic rings. The van der Waals surface area contributed by atoms with E-state index in [-0.39, 0.29) is 5.92 Å². The molecule has 2 N–H and O–H groups in total. The van der Waals surface area contributed by atoms with Crippen molar-refractivity contribution in [2.75, 3.05) is 0 Å². The SMILES string of the molecule is CC1CC=CCC1(O)O. The normalized spacial score (nSPS) is 32.6. The first-order valence-corrected chi connectivity index (χ1v) is 3.22. The van der Waals surface area contributed by atoms with Gasteiger partial charge in [0.15, 0.2) is 5.79 Å². The van der Waals surface area contributed by atoms with Crippen molar-refractivity contribution in [2.45, 2.75) is 25.6 Å². The molecule has 0 aromatic heterocycles. The number of aliphatic hydroxyl groups is 2. The molecule has 1 unspecified atom stereocenters. The molecule has 9 heavy (non-hydrogen) atoms. The largest absolute Gasteiger partial charge is 0.365 e. The van der Waals surface area contributed by atoms with Crippen LogP contribution in [0.4, 0.5) is 0 Å². The number of hydrogen-bond acceptors (Lipinski definition) is 2. The first kappa shape index (κ1) is 6.78. The third-order valence-electron chi connectivity index (χ3n) is 1.86. The van der Waals surface area contributed by atoms with Gasteiger partial charge in [0, 0.05) is 12.3 Å². The van der Waals surface area contributed by atoms with Crippen LogP contribution in [-0.4, -0.2) is 16.0 Å². The predicted octanol–water partition coefficient (Wildman–Crippen LogP) is 0.653. The van der Waals surface area contributed by atoms with E-state index < -0.39 is 5.79 Å². The Morgan fingerprint density at radius 3 is 2.44 bits per heavy atom. The van der Waals surface area contributed by atoms with Crippen molar-refractivity contribution < 1.29 is 10.2 Å². The molecule has 0 fully saturated rings. The lowest BCUT2D eigenvalue weighted by Crippen LogP contribution is -2.36. The van der Waals surface area contributed by atoms with Crippen LogP contribution >= 0.6 is 0 Å². The van der Waals surface area contributed by atoms with Crippen LogP contribution in [0.15, 0.2) is 12.2 Å². The molecule has 52 valence electrons. The maximum Gasteiger partial charge on any atom is 0.168 e. The molecule has 0 spiro atoms. The Bertz CT molecular complexity index is 127. The van der Waals surface area contributed by atoms with Gasteiger partial charge in [0.2, 0.25) is 0 Å². The van der Waals surface area contributed by atoms with Crippen LogP contribution in [0, 0.1) is 5.92 Å². The van der Waals surface area contributed by atoms with Crippen molar-refractivity contribution in [1.29, 1.82) is 0 Å². The summed E-state index contributed by atoms with van der Waals surface area (Å²) in [5, 5.41) is 18.3. The third-order valence-corrected chi connectivity index (χ3v) is 1.86. The summed E-state index contributed by atoms with van der Waals surface area (Å²) in [6.45, 7) is 1.84. The van der Waals surface area contributed by atoms with Crippen LogP contribution in [0.3, 0.4) is 0 Å². The van der Waals surface area contributed by atoms with E-state index in [9.17, 15) is 0 Å². The molecule has 1 aliphatic rings. The Morgan fingerprint density at radius 1 is 1.44 bits per heavy atom. The Labute approximate surface area is 54.8 Å². The quantitative estimate of drug-likeness (QED) is 0.371. The van der Waals surface area contributed by atoms with Crippen LogP contribution in [0.1, 0.15) is 19.8 Å². The average Bonchev–Trinajstić information content (AvgIpc) is 1.77. The minimum absolute atomic E-state index is 0.0255. The standard InChI is InChI=1S/C7H12O2/c1-6-4-2-3-5-7(6,8)9/h2-3,6,8-9H,4-5H2,1H3. The van der Waals surface area contributed by atoms with E-state index in [0.29, 0.717) is 6.42 Å². The predicted molar refractivity (Wildman–Crippen MR) is 34.7 cm³/mol. The van der Waals surface area contributed by atoms with Gasteiger partial charge >= 0.3 is 0 Å². The van der Waals surface area contributed by atoms with Gasteiger partial charge in [-0.3, -0.25) is 0 Å². The van der Waals surface area contributed by atoms with E-state index in [1.165, 1.54) is 0 Å². The monoisotopic (exact) mass is 128 g/mol. The summed E-state index contributed by atoms with van der Waals surface area (Å²) in [6, 6.07) is 0. The molecule has 0 heterocycles. The second-order valence-electron chi connectivity index (χ2n) is 2.69. The summed E-state index contributed by atoms with van der Waals surface area (Å²) in [6.07, 6.45) is 4.93. The smallest absolute Gasteiger partial charge is 0.168 e. The van der Waals surface area contributed by atoms with Gasteiger partial charge in [-0.25, -0.2) is 0 Å². The van der Waals surface area contributed by atoms with Crippen LogP contribution in [0.2, 0.25) is 0 Å². The molecule has 0 saturated carbocycles. The lowest BCUT2D eigenvalue weighted by Gasteiger charge is -2.29. The molecule has 1 atom stereocenters. The zero-order chi connectivity index (χ0) is 6.91. The van der Waals surface area contributed by atoms with Gasteiger partial charge < -0.3 is 10.2 Å². The molecule has 1 rings (SSSR count). The number of hydrogen-bond donors (Lipinski definition) is 2. The van der Waals surface area contributed by atoms with E-state index >= 15 is 0 Å². The first-order valence-electron chi connectivity index (χ1n) is 3.22. The zero-order valence-electron chi connectivity index (χ0n) is 5.54. The highest BCUT2D eigenvalue weighted by molar-refractivity contribution is 4.96. The fourth-order valence-corrected chi connectivity index (χ4v) is 0.947. The van der Waals surface area contributed by atoms with Crippen LogP contribution in [0.25, 0.3) is 0 Å². The van der Waals surface area contributed by atoms with E-state index in [2.05, 4.69) is 0 Å². The summed E-state index contributed by atoms with van der Waals surface area (Å²) in [5.74, 6) is -1.48. The Morgan fingerprint density at radius 2 is 2.11 bits per heavy atom. The van der Waals surface area contributed by atoms with E-state index in [1.54, 1.807) is 6.08 Å². The number of rotatable bonds is 0. The topological polar surface area (TPSA) is 40.5 Å². The molecule has 1 aliphatic carbocycles. The second-order valence-corrected chi connectivity index (χ2v) is 2.69. The van der Waals surface area contributed by atoms with Crippen LogP contribution < -0.4 is 0 Å². The van der Waals surface area contributed by atoms with Gasteiger partial charge in [-0.2, -0.15) is 0 Å². The minimum Gasteiger partial charge on any atom is -0.365 e. The fraction of sp³-hybridized carbons (Fsp3) is 0.714. The van der Waals surface area contributed by atoms with Gasteiger partial charge in [-0.05, 0) is 6.42 Å². The summed E-state index contributed by atoms with van der Waals surface area (Å²) < 4.78 is 0. The summed E-state index contributed by atoms with van der Waals surface area (Å²) in [4.78, 5) is 0. The van der Waals surface area contributed by atoms with Crippen molar-refractivity contribution >= 4 is 0 Å². The van der Waals surface area contributed by atoms with Gasteiger partial charge in [0.05, 0.1) is 0 Å². The minimum atomic E-state index is -1.45. The Kier molecular flexibility index (Phi) is 1.60. The highest BCUT2D eigenvalue weighted by Gasteiger charge is 2.30. The lowest BCUT2D eigenvalue weighted by molar-refractivity contribution is -0.194. The van der Waals surface area contributed by atoms with Crippen molar-refractivity contribution in [1.82, 2.24) is 0 Å². The van der Waals surface area contributed by atoms with Crippen molar-refractivity contribution in [3.63, 3.8) is 0 Å².